The van der Waals surface area contributed by atoms with Crippen molar-refractivity contribution in [1.82, 2.24) is 4.98 Å². The summed E-state index contributed by atoms with van der Waals surface area (Å²) in [6.45, 7) is 0.529. The lowest BCUT2D eigenvalue weighted by atomic mass is 10.2. The maximum atomic E-state index is 11.4. The van der Waals surface area contributed by atoms with Crippen molar-refractivity contribution < 1.29 is 13.2 Å². The Kier molecular flexibility index (Phi) is 4.32. The molecule has 0 saturated heterocycles. The molecule has 0 radical (unpaired) electrons. The number of pyridine rings is 1. The van der Waals surface area contributed by atoms with Crippen LogP contribution in [0.3, 0.4) is 0 Å². The summed E-state index contributed by atoms with van der Waals surface area (Å²) >= 11 is 0. The van der Waals surface area contributed by atoms with E-state index >= 15 is 0 Å². The van der Waals surface area contributed by atoms with E-state index in [0.29, 0.717) is 23.8 Å². The number of nitrogen functional groups attached to an aromatic ring is 1. The van der Waals surface area contributed by atoms with Gasteiger partial charge in [0.2, 0.25) is 5.88 Å². The van der Waals surface area contributed by atoms with Gasteiger partial charge in [-0.2, -0.15) is 0 Å². The Morgan fingerprint density at radius 2 is 2.05 bits per heavy atom. The second-order valence-electron chi connectivity index (χ2n) is 4.58. The Morgan fingerprint density at radius 1 is 1.29 bits per heavy atom. The summed E-state index contributed by atoms with van der Waals surface area (Å²) in [5, 5.41) is 3.16. The maximum Gasteiger partial charge on any atom is 0.213 e. The molecule has 0 amide bonds. The lowest BCUT2D eigenvalue weighted by molar-refractivity contribution is 0.397. The number of rotatable bonds is 5. The second-order valence-corrected chi connectivity index (χ2v) is 6.60. The van der Waals surface area contributed by atoms with Gasteiger partial charge >= 0.3 is 0 Å². The van der Waals surface area contributed by atoms with Crippen LogP contribution in [0.25, 0.3) is 0 Å². The van der Waals surface area contributed by atoms with Gasteiger partial charge in [0.15, 0.2) is 9.84 Å². The van der Waals surface area contributed by atoms with Gasteiger partial charge in [0.05, 0.1) is 23.4 Å². The molecule has 1 aromatic heterocycles. The Hall–Kier alpha value is -2.28. The maximum absolute atomic E-state index is 11.4. The molecule has 21 heavy (non-hydrogen) atoms. The van der Waals surface area contributed by atoms with Crippen LogP contribution in [0.4, 0.5) is 11.4 Å². The van der Waals surface area contributed by atoms with Gasteiger partial charge in [-0.05, 0) is 29.8 Å². The van der Waals surface area contributed by atoms with Crippen LogP contribution in [0.2, 0.25) is 0 Å². The largest absolute Gasteiger partial charge is 0.481 e. The number of ether oxygens (including phenoxy) is 1. The number of nitrogens with two attached hydrogens (primary N) is 1. The van der Waals surface area contributed by atoms with E-state index in [1.54, 1.807) is 19.4 Å². The van der Waals surface area contributed by atoms with Crippen LogP contribution < -0.4 is 15.8 Å². The van der Waals surface area contributed by atoms with E-state index in [4.69, 9.17) is 10.5 Å². The molecule has 0 aliphatic carbocycles. The standard InChI is InChI=1S/C14H17N3O3S/c1-20-14-7-10(5-6-16-14)9-17-13-4-3-11(8-12(13)15)21(2,18)19/h3-8,17H,9,15H2,1-2H3. The molecule has 0 atom stereocenters. The number of nitrogens with one attached hydrogen (secondary N) is 1. The topological polar surface area (TPSA) is 94.3 Å². The third kappa shape index (κ3) is 3.85. The molecule has 2 rings (SSSR count). The van der Waals surface area contributed by atoms with Crippen molar-refractivity contribution in [3.63, 3.8) is 0 Å². The monoisotopic (exact) mass is 307 g/mol. The summed E-state index contributed by atoms with van der Waals surface area (Å²) in [6.07, 6.45) is 2.81. The predicted octanol–water partition coefficient (Wildman–Crippen LogP) is 1.69. The minimum absolute atomic E-state index is 0.205. The van der Waals surface area contributed by atoms with E-state index in [0.717, 1.165) is 11.8 Å². The van der Waals surface area contributed by atoms with E-state index in [-0.39, 0.29) is 4.90 Å². The molecule has 0 bridgehead atoms. The number of hydrogen-bond acceptors (Lipinski definition) is 6. The van der Waals surface area contributed by atoms with Gasteiger partial charge < -0.3 is 15.8 Å². The Morgan fingerprint density at radius 3 is 2.67 bits per heavy atom. The minimum Gasteiger partial charge on any atom is -0.481 e. The molecule has 6 nitrogen and oxygen atoms in total. The fourth-order valence-electron chi connectivity index (χ4n) is 1.80. The van der Waals surface area contributed by atoms with Crippen LogP contribution in [0.1, 0.15) is 5.56 Å². The van der Waals surface area contributed by atoms with Crippen LogP contribution in [-0.4, -0.2) is 26.8 Å². The predicted molar refractivity (Wildman–Crippen MR) is 82.1 cm³/mol. The lowest BCUT2D eigenvalue weighted by Gasteiger charge is -2.11. The van der Waals surface area contributed by atoms with Gasteiger partial charge in [-0.25, -0.2) is 13.4 Å². The molecular formula is C14H17N3O3S. The fourth-order valence-corrected chi connectivity index (χ4v) is 2.46. The second kappa shape index (κ2) is 6.01. The van der Waals surface area contributed by atoms with Crippen molar-refractivity contribution in [3.8, 4) is 5.88 Å². The van der Waals surface area contributed by atoms with Gasteiger partial charge in [-0.15, -0.1) is 0 Å². The smallest absolute Gasteiger partial charge is 0.213 e. The first-order valence-electron chi connectivity index (χ1n) is 6.22. The zero-order chi connectivity index (χ0) is 15.5. The number of sulfone groups is 1. The summed E-state index contributed by atoms with van der Waals surface area (Å²) in [4.78, 5) is 4.23. The van der Waals surface area contributed by atoms with E-state index in [2.05, 4.69) is 10.3 Å². The third-order valence-electron chi connectivity index (χ3n) is 2.94. The van der Waals surface area contributed by atoms with Gasteiger partial charge in [0.25, 0.3) is 0 Å². The normalized spacial score (nSPS) is 11.1. The van der Waals surface area contributed by atoms with Crippen LogP contribution in [0, 0.1) is 0 Å². The first-order chi connectivity index (χ1) is 9.90. The summed E-state index contributed by atoms with van der Waals surface area (Å²) in [5.41, 5.74) is 7.92. The van der Waals surface area contributed by atoms with Gasteiger partial charge in [-0.1, -0.05) is 0 Å². The molecule has 1 heterocycles. The third-order valence-corrected chi connectivity index (χ3v) is 4.05. The van der Waals surface area contributed by atoms with Gasteiger partial charge in [0.1, 0.15) is 0 Å². The highest BCUT2D eigenvalue weighted by Crippen LogP contribution is 2.23. The molecule has 7 heteroatoms. The van der Waals surface area contributed by atoms with Crippen molar-refractivity contribution in [2.45, 2.75) is 11.4 Å². The van der Waals surface area contributed by atoms with Crippen molar-refractivity contribution in [2.75, 3.05) is 24.4 Å². The molecule has 112 valence electrons. The SMILES string of the molecule is COc1cc(CNc2ccc(S(C)(=O)=O)cc2N)ccn1. The summed E-state index contributed by atoms with van der Waals surface area (Å²) < 4.78 is 28.0. The van der Waals surface area contributed by atoms with Crippen molar-refractivity contribution in [1.29, 1.82) is 0 Å². The number of benzene rings is 1. The molecule has 0 aliphatic rings. The molecule has 0 unspecified atom stereocenters. The fraction of sp³-hybridized carbons (Fsp3) is 0.214. The first-order valence-corrected chi connectivity index (χ1v) is 8.11. The molecule has 1 aromatic carbocycles. The van der Waals surface area contributed by atoms with E-state index < -0.39 is 9.84 Å². The minimum atomic E-state index is -3.25. The van der Waals surface area contributed by atoms with Crippen LogP contribution in [-0.2, 0) is 16.4 Å². The molecule has 0 fully saturated rings. The van der Waals surface area contributed by atoms with E-state index in [1.807, 2.05) is 12.1 Å². The Bertz CT molecular complexity index is 745. The summed E-state index contributed by atoms with van der Waals surface area (Å²) in [5.74, 6) is 0.537. The number of nitrogens with zero attached hydrogens (tertiary/aromatic N) is 1. The highest BCUT2D eigenvalue weighted by Gasteiger charge is 2.09. The summed E-state index contributed by atoms with van der Waals surface area (Å²) in [6, 6.07) is 8.31. The zero-order valence-corrected chi connectivity index (χ0v) is 12.6. The van der Waals surface area contributed by atoms with Crippen LogP contribution in [0.5, 0.6) is 5.88 Å². The average molecular weight is 307 g/mol. The van der Waals surface area contributed by atoms with Gasteiger partial charge in [-0.3, -0.25) is 0 Å². The first kappa shape index (κ1) is 15.1. The number of anilines is 2. The number of aromatic nitrogens is 1. The molecule has 0 aliphatic heterocycles. The molecule has 0 spiro atoms. The quantitative estimate of drug-likeness (QED) is 0.816. The van der Waals surface area contributed by atoms with E-state index in [9.17, 15) is 8.42 Å². The molecular weight excluding hydrogens is 290 g/mol. The molecule has 3 N–H and O–H groups in total. The van der Waals surface area contributed by atoms with Gasteiger partial charge in [0, 0.05) is 25.1 Å². The average Bonchev–Trinajstić information content (AvgIpc) is 2.45. The molecule has 2 aromatic rings. The lowest BCUT2D eigenvalue weighted by Crippen LogP contribution is -2.05. The summed E-state index contributed by atoms with van der Waals surface area (Å²) in [7, 11) is -1.69. The molecule has 0 saturated carbocycles. The number of methoxy groups -OCH3 is 1. The number of hydrogen-bond donors (Lipinski definition) is 2. The zero-order valence-electron chi connectivity index (χ0n) is 11.8. The van der Waals surface area contributed by atoms with E-state index in [1.165, 1.54) is 12.1 Å². The highest BCUT2D eigenvalue weighted by atomic mass is 32.2. The Labute approximate surface area is 123 Å². The van der Waals surface area contributed by atoms with Crippen molar-refractivity contribution in [3.05, 3.63) is 42.1 Å². The highest BCUT2D eigenvalue weighted by molar-refractivity contribution is 7.90. The van der Waals surface area contributed by atoms with Crippen LogP contribution in [0.15, 0.2) is 41.4 Å². The van der Waals surface area contributed by atoms with Crippen molar-refractivity contribution in [2.24, 2.45) is 0 Å². The Balaban J connectivity index is 2.13. The van der Waals surface area contributed by atoms with Crippen LogP contribution >= 0.6 is 0 Å². The van der Waals surface area contributed by atoms with Crippen molar-refractivity contribution >= 4 is 21.2 Å².